The number of nitrogens with one attached hydrogen (secondary N) is 3. The fraction of sp³-hybridized carbons (Fsp3) is 0.273. The summed E-state index contributed by atoms with van der Waals surface area (Å²) in [5.74, 6) is -1.34. The zero-order valence-electron chi connectivity index (χ0n) is 18.5. The van der Waals surface area contributed by atoms with Gasteiger partial charge < -0.3 is 0 Å². The number of carbonyl (C=O) groups is 2. The average Bonchev–Trinajstić information content (AvgIpc) is 2.82. The van der Waals surface area contributed by atoms with Crippen molar-refractivity contribution >= 4 is 32.6 Å². The second-order valence-corrected chi connectivity index (χ2v) is 9.09. The Bertz CT molecular complexity index is 1350. The fourth-order valence-electron chi connectivity index (χ4n) is 3.06. The highest BCUT2D eigenvalue weighted by molar-refractivity contribution is 7.89. The Balaban J connectivity index is 1.75. The number of benzene rings is 2. The van der Waals surface area contributed by atoms with Gasteiger partial charge >= 0.3 is 0 Å². The van der Waals surface area contributed by atoms with Crippen molar-refractivity contribution in [3.63, 3.8) is 0 Å². The average molecular weight is 472 g/mol. The lowest BCUT2D eigenvalue weighted by Gasteiger charge is -2.13. The lowest BCUT2D eigenvalue weighted by molar-refractivity contribution is 0.0843. The molecule has 33 heavy (non-hydrogen) atoms. The van der Waals surface area contributed by atoms with E-state index in [-0.39, 0.29) is 34.3 Å². The minimum absolute atomic E-state index is 0.00934. The third-order valence-electron chi connectivity index (χ3n) is 5.07. The number of fused-ring (bicyclic) bond motifs is 1. The van der Waals surface area contributed by atoms with Gasteiger partial charge in [-0.05, 0) is 50.6 Å². The standard InChI is InChI=1S/C22H25N5O5S/c1-4-14(3)26-33(31,32)16-12-10-15(11-13-16)20(28)23-24-21(29)19-17-8-6-7-9-18(17)22(30)27(5-2)25-19/h6-14,26H,4-5H2,1-3H3,(H,23,28)(H,24,29). The molecule has 0 bridgehead atoms. The summed E-state index contributed by atoms with van der Waals surface area (Å²) in [6.07, 6.45) is 0.638. The largest absolute Gasteiger partial charge is 0.290 e. The van der Waals surface area contributed by atoms with Crippen LogP contribution in [0, 0.1) is 0 Å². The molecule has 0 aliphatic heterocycles. The summed E-state index contributed by atoms with van der Waals surface area (Å²) < 4.78 is 28.4. The molecule has 3 rings (SSSR count). The van der Waals surface area contributed by atoms with Crippen LogP contribution in [0.15, 0.2) is 58.2 Å². The normalized spacial score (nSPS) is 12.3. The number of amides is 2. The highest BCUT2D eigenvalue weighted by Crippen LogP contribution is 2.14. The number of aryl methyl sites for hydroxylation is 1. The molecule has 0 radical (unpaired) electrons. The number of carbonyl (C=O) groups excluding carboxylic acids is 2. The maximum absolute atomic E-state index is 12.7. The van der Waals surface area contributed by atoms with Gasteiger partial charge in [0.2, 0.25) is 10.0 Å². The molecule has 1 heterocycles. The van der Waals surface area contributed by atoms with Crippen molar-refractivity contribution in [1.82, 2.24) is 25.4 Å². The molecule has 1 unspecified atom stereocenters. The Labute approximate surface area is 191 Å². The Morgan fingerprint density at radius 3 is 2.18 bits per heavy atom. The topological polar surface area (TPSA) is 139 Å². The van der Waals surface area contributed by atoms with Crippen LogP contribution >= 0.6 is 0 Å². The maximum atomic E-state index is 12.7. The second kappa shape index (κ2) is 9.92. The molecule has 1 aromatic heterocycles. The molecule has 174 valence electrons. The van der Waals surface area contributed by atoms with Crippen molar-refractivity contribution in [3.05, 3.63) is 70.1 Å². The van der Waals surface area contributed by atoms with E-state index in [1.807, 2.05) is 6.92 Å². The summed E-state index contributed by atoms with van der Waals surface area (Å²) in [6, 6.07) is 11.7. The van der Waals surface area contributed by atoms with E-state index >= 15 is 0 Å². The minimum Gasteiger partial charge on any atom is -0.267 e. The van der Waals surface area contributed by atoms with Crippen LogP contribution in [0.2, 0.25) is 0 Å². The van der Waals surface area contributed by atoms with E-state index in [9.17, 15) is 22.8 Å². The molecule has 0 aliphatic rings. The van der Waals surface area contributed by atoms with Crippen molar-refractivity contribution in [1.29, 1.82) is 0 Å². The van der Waals surface area contributed by atoms with Crippen LogP contribution < -0.4 is 21.1 Å². The summed E-state index contributed by atoms with van der Waals surface area (Å²) in [5.41, 5.74) is 4.40. The predicted octanol–water partition coefficient (Wildman–Crippen LogP) is 1.57. The van der Waals surface area contributed by atoms with Crippen LogP contribution in [0.1, 0.15) is 48.0 Å². The molecule has 0 spiro atoms. The lowest BCUT2D eigenvalue weighted by Crippen LogP contribution is -2.42. The number of nitrogens with zero attached hydrogens (tertiary/aromatic N) is 2. The van der Waals surface area contributed by atoms with Gasteiger partial charge in [0, 0.05) is 23.5 Å². The minimum atomic E-state index is -3.69. The van der Waals surface area contributed by atoms with Crippen LogP contribution in [0.4, 0.5) is 0 Å². The van der Waals surface area contributed by atoms with Crippen LogP contribution in [-0.2, 0) is 16.6 Å². The molecule has 2 amide bonds. The lowest BCUT2D eigenvalue weighted by atomic mass is 10.1. The van der Waals surface area contributed by atoms with E-state index in [2.05, 4.69) is 20.7 Å². The SMILES string of the molecule is CCC(C)NS(=O)(=O)c1ccc(C(=O)NNC(=O)c2nn(CC)c(=O)c3ccccc23)cc1. The first-order chi connectivity index (χ1) is 15.7. The highest BCUT2D eigenvalue weighted by atomic mass is 32.2. The molecule has 0 aliphatic carbocycles. The van der Waals surface area contributed by atoms with E-state index < -0.39 is 21.8 Å². The Kier molecular flexibility index (Phi) is 7.24. The summed E-state index contributed by atoms with van der Waals surface area (Å²) in [6.45, 7) is 5.63. The summed E-state index contributed by atoms with van der Waals surface area (Å²) in [4.78, 5) is 37.6. The van der Waals surface area contributed by atoms with Gasteiger partial charge in [0.05, 0.1) is 10.3 Å². The molecule has 3 N–H and O–H groups in total. The number of hydrogen-bond donors (Lipinski definition) is 3. The molecule has 10 nitrogen and oxygen atoms in total. The maximum Gasteiger partial charge on any atom is 0.290 e. The molecule has 3 aromatic rings. The van der Waals surface area contributed by atoms with Gasteiger partial charge in [0.1, 0.15) is 0 Å². The van der Waals surface area contributed by atoms with Crippen molar-refractivity contribution in [2.45, 2.75) is 44.7 Å². The summed E-state index contributed by atoms with van der Waals surface area (Å²) in [5, 5.41) is 4.81. The monoisotopic (exact) mass is 471 g/mol. The van der Waals surface area contributed by atoms with E-state index in [0.717, 1.165) is 0 Å². The van der Waals surface area contributed by atoms with E-state index in [1.165, 1.54) is 28.9 Å². The third kappa shape index (κ3) is 5.26. The predicted molar refractivity (Wildman–Crippen MR) is 123 cm³/mol. The zero-order chi connectivity index (χ0) is 24.2. The fourth-order valence-corrected chi connectivity index (χ4v) is 4.39. The Morgan fingerprint density at radius 2 is 1.58 bits per heavy atom. The Hall–Kier alpha value is -3.57. The molecular formula is C22H25N5O5S. The molecule has 2 aromatic carbocycles. The molecule has 0 saturated carbocycles. The molecule has 0 fully saturated rings. The quantitative estimate of drug-likeness (QED) is 0.447. The van der Waals surface area contributed by atoms with Gasteiger partial charge in [-0.3, -0.25) is 25.2 Å². The zero-order valence-corrected chi connectivity index (χ0v) is 19.3. The molecule has 1 atom stereocenters. The van der Waals surface area contributed by atoms with Crippen molar-refractivity contribution in [3.8, 4) is 0 Å². The third-order valence-corrected chi connectivity index (χ3v) is 6.67. The number of aromatic nitrogens is 2. The first-order valence-electron chi connectivity index (χ1n) is 10.4. The van der Waals surface area contributed by atoms with Crippen LogP contribution in [0.3, 0.4) is 0 Å². The van der Waals surface area contributed by atoms with Gasteiger partial charge in [0.25, 0.3) is 17.4 Å². The summed E-state index contributed by atoms with van der Waals surface area (Å²) >= 11 is 0. The molecular weight excluding hydrogens is 446 g/mol. The number of sulfonamides is 1. The van der Waals surface area contributed by atoms with E-state index in [0.29, 0.717) is 17.2 Å². The van der Waals surface area contributed by atoms with Crippen LogP contribution in [0.25, 0.3) is 10.8 Å². The highest BCUT2D eigenvalue weighted by Gasteiger charge is 2.19. The molecule has 11 heteroatoms. The summed E-state index contributed by atoms with van der Waals surface area (Å²) in [7, 11) is -3.69. The van der Waals surface area contributed by atoms with Gasteiger partial charge in [0.15, 0.2) is 5.69 Å². The van der Waals surface area contributed by atoms with E-state index in [1.54, 1.807) is 38.1 Å². The van der Waals surface area contributed by atoms with Crippen molar-refractivity contribution in [2.75, 3.05) is 0 Å². The first-order valence-corrected chi connectivity index (χ1v) is 11.9. The van der Waals surface area contributed by atoms with Crippen LogP contribution in [0.5, 0.6) is 0 Å². The van der Waals surface area contributed by atoms with Crippen molar-refractivity contribution in [2.24, 2.45) is 0 Å². The molecule has 0 saturated heterocycles. The van der Waals surface area contributed by atoms with E-state index in [4.69, 9.17) is 0 Å². The van der Waals surface area contributed by atoms with Crippen molar-refractivity contribution < 1.29 is 18.0 Å². The number of hydrazine groups is 1. The van der Waals surface area contributed by atoms with Gasteiger partial charge in [-0.25, -0.2) is 17.8 Å². The van der Waals surface area contributed by atoms with Gasteiger partial charge in [-0.2, -0.15) is 5.10 Å². The number of rotatable bonds is 7. The number of hydrogen-bond acceptors (Lipinski definition) is 6. The van der Waals surface area contributed by atoms with Gasteiger partial charge in [-0.15, -0.1) is 0 Å². The van der Waals surface area contributed by atoms with Gasteiger partial charge in [-0.1, -0.05) is 25.1 Å². The van der Waals surface area contributed by atoms with Crippen LogP contribution in [-0.4, -0.2) is 36.1 Å². The first kappa shape index (κ1) is 24.1. The second-order valence-electron chi connectivity index (χ2n) is 7.38. The Morgan fingerprint density at radius 1 is 0.970 bits per heavy atom. The smallest absolute Gasteiger partial charge is 0.267 e.